The number of hydrogen-bond donors (Lipinski definition) is 1. The first-order chi connectivity index (χ1) is 11.2. The van der Waals surface area contributed by atoms with E-state index in [1.165, 1.54) is 0 Å². The minimum Gasteiger partial charge on any atom is -0.355 e. The number of rotatable bonds is 4. The molecule has 2 heterocycles. The fourth-order valence-corrected chi connectivity index (χ4v) is 3.17. The minimum absolute atomic E-state index is 0.388. The highest BCUT2D eigenvalue weighted by atomic mass is 35.5. The number of pyridine rings is 1. The van der Waals surface area contributed by atoms with Crippen molar-refractivity contribution in [3.8, 4) is 6.07 Å². The van der Waals surface area contributed by atoms with E-state index in [-0.39, 0.29) is 0 Å². The predicted octanol–water partition coefficient (Wildman–Crippen LogP) is 3.63. The second-order valence-electron chi connectivity index (χ2n) is 5.57. The predicted molar refractivity (Wildman–Crippen MR) is 92.9 cm³/mol. The van der Waals surface area contributed by atoms with Crippen molar-refractivity contribution >= 4 is 29.0 Å². The molecule has 1 aliphatic rings. The van der Waals surface area contributed by atoms with Crippen LogP contribution in [-0.2, 0) is 6.54 Å². The van der Waals surface area contributed by atoms with Crippen LogP contribution in [0.2, 0.25) is 10.0 Å². The number of nitriles is 1. The molecule has 1 saturated heterocycles. The number of nitrogens with zero attached hydrogens (tertiary/aromatic N) is 3. The van der Waals surface area contributed by atoms with Gasteiger partial charge in [0.1, 0.15) is 11.9 Å². The summed E-state index contributed by atoms with van der Waals surface area (Å²) < 4.78 is 0. The molecule has 23 heavy (non-hydrogen) atoms. The largest absolute Gasteiger partial charge is 0.355 e. The lowest BCUT2D eigenvalue weighted by Crippen LogP contribution is -2.32. The van der Waals surface area contributed by atoms with Crippen molar-refractivity contribution < 1.29 is 0 Å². The van der Waals surface area contributed by atoms with Crippen LogP contribution in [0.3, 0.4) is 0 Å². The van der Waals surface area contributed by atoms with Gasteiger partial charge in [-0.3, -0.25) is 0 Å². The van der Waals surface area contributed by atoms with Gasteiger partial charge in [0.05, 0.1) is 5.56 Å². The van der Waals surface area contributed by atoms with Crippen molar-refractivity contribution in [3.63, 3.8) is 0 Å². The first kappa shape index (κ1) is 16.1. The summed E-state index contributed by atoms with van der Waals surface area (Å²) in [5, 5.41) is 13.7. The van der Waals surface area contributed by atoms with Crippen LogP contribution in [0.15, 0.2) is 36.5 Å². The fraction of sp³-hybridized carbons (Fsp3) is 0.294. The van der Waals surface area contributed by atoms with E-state index in [1.54, 1.807) is 18.3 Å². The first-order valence-electron chi connectivity index (χ1n) is 7.44. The van der Waals surface area contributed by atoms with E-state index >= 15 is 0 Å². The van der Waals surface area contributed by atoms with E-state index in [0.29, 0.717) is 21.7 Å². The molecule has 0 radical (unpaired) electrons. The van der Waals surface area contributed by atoms with Gasteiger partial charge in [0.2, 0.25) is 0 Å². The van der Waals surface area contributed by atoms with E-state index < -0.39 is 0 Å². The maximum absolute atomic E-state index is 8.82. The van der Waals surface area contributed by atoms with Crippen LogP contribution in [-0.4, -0.2) is 24.1 Å². The fourth-order valence-electron chi connectivity index (χ4n) is 2.69. The molecule has 2 aromatic rings. The van der Waals surface area contributed by atoms with Crippen LogP contribution < -0.4 is 10.2 Å². The lowest BCUT2D eigenvalue weighted by Gasteiger charge is -2.18. The Labute approximate surface area is 145 Å². The van der Waals surface area contributed by atoms with E-state index in [0.717, 1.165) is 37.4 Å². The Kier molecular flexibility index (Phi) is 5.02. The molecule has 1 aromatic heterocycles. The summed E-state index contributed by atoms with van der Waals surface area (Å²) in [7, 11) is 0. The SMILES string of the molecule is N#Cc1ccc(N2CCC(NCc3ccc(Cl)cc3Cl)C2)nc1. The quantitative estimate of drug-likeness (QED) is 0.918. The molecule has 0 bridgehead atoms. The molecule has 1 aromatic carbocycles. The number of hydrogen-bond acceptors (Lipinski definition) is 4. The van der Waals surface area contributed by atoms with Crippen molar-refractivity contribution in [3.05, 3.63) is 57.7 Å². The zero-order chi connectivity index (χ0) is 16.2. The Morgan fingerprint density at radius 3 is 2.87 bits per heavy atom. The smallest absolute Gasteiger partial charge is 0.128 e. The van der Waals surface area contributed by atoms with E-state index in [4.69, 9.17) is 28.5 Å². The molecule has 0 spiro atoms. The highest BCUT2D eigenvalue weighted by molar-refractivity contribution is 6.35. The summed E-state index contributed by atoms with van der Waals surface area (Å²) in [5.41, 5.74) is 1.63. The van der Waals surface area contributed by atoms with Gasteiger partial charge in [0.15, 0.2) is 0 Å². The minimum atomic E-state index is 0.388. The molecule has 118 valence electrons. The number of nitrogens with one attached hydrogen (secondary N) is 1. The summed E-state index contributed by atoms with van der Waals surface area (Å²) in [6, 6.07) is 11.7. The zero-order valence-electron chi connectivity index (χ0n) is 12.5. The monoisotopic (exact) mass is 346 g/mol. The van der Waals surface area contributed by atoms with Crippen LogP contribution in [0, 0.1) is 11.3 Å². The average Bonchev–Trinajstić information content (AvgIpc) is 3.03. The summed E-state index contributed by atoms with van der Waals surface area (Å²) in [6.07, 6.45) is 2.66. The standard InChI is InChI=1S/C17H16Cl2N4/c18-14-3-2-13(16(19)7-14)10-21-15-5-6-23(11-15)17-4-1-12(8-20)9-22-17/h1-4,7,9,15,21H,5-6,10-11H2. The zero-order valence-corrected chi connectivity index (χ0v) is 14.0. The molecule has 1 unspecified atom stereocenters. The maximum Gasteiger partial charge on any atom is 0.128 e. The maximum atomic E-state index is 8.82. The van der Waals surface area contributed by atoms with Gasteiger partial charge >= 0.3 is 0 Å². The third-order valence-electron chi connectivity index (χ3n) is 3.99. The molecule has 1 N–H and O–H groups in total. The van der Waals surface area contributed by atoms with Crippen LogP contribution >= 0.6 is 23.2 Å². The Morgan fingerprint density at radius 1 is 1.30 bits per heavy atom. The van der Waals surface area contributed by atoms with Crippen molar-refractivity contribution in [2.24, 2.45) is 0 Å². The number of anilines is 1. The second-order valence-corrected chi connectivity index (χ2v) is 6.41. The van der Waals surface area contributed by atoms with Crippen LogP contribution in [0.25, 0.3) is 0 Å². The topological polar surface area (TPSA) is 52.0 Å². The molecule has 1 fully saturated rings. The van der Waals surface area contributed by atoms with Gasteiger partial charge in [-0.1, -0.05) is 29.3 Å². The normalized spacial score (nSPS) is 17.3. The molecule has 0 amide bonds. The Hall–Kier alpha value is -1.80. The van der Waals surface area contributed by atoms with Gasteiger partial charge in [-0.25, -0.2) is 4.98 Å². The van der Waals surface area contributed by atoms with Gasteiger partial charge in [-0.2, -0.15) is 5.26 Å². The lowest BCUT2D eigenvalue weighted by molar-refractivity contribution is 0.551. The molecule has 0 aliphatic carbocycles. The Morgan fingerprint density at radius 2 is 2.17 bits per heavy atom. The second kappa shape index (κ2) is 7.18. The molecule has 1 atom stereocenters. The summed E-state index contributed by atoms with van der Waals surface area (Å²) >= 11 is 12.1. The van der Waals surface area contributed by atoms with Gasteiger partial charge in [-0.15, -0.1) is 0 Å². The van der Waals surface area contributed by atoms with Gasteiger partial charge in [-0.05, 0) is 36.2 Å². The molecule has 0 saturated carbocycles. The molecule has 4 nitrogen and oxygen atoms in total. The molecular formula is C17H16Cl2N4. The summed E-state index contributed by atoms with van der Waals surface area (Å²) in [4.78, 5) is 6.57. The average molecular weight is 347 g/mol. The number of aromatic nitrogens is 1. The molecule has 3 rings (SSSR count). The third-order valence-corrected chi connectivity index (χ3v) is 4.57. The van der Waals surface area contributed by atoms with Crippen molar-refractivity contribution in [1.82, 2.24) is 10.3 Å². The van der Waals surface area contributed by atoms with Gasteiger partial charge in [0.25, 0.3) is 0 Å². The molecular weight excluding hydrogens is 331 g/mol. The van der Waals surface area contributed by atoms with Crippen LogP contribution in [0.1, 0.15) is 17.5 Å². The van der Waals surface area contributed by atoms with Crippen LogP contribution in [0.4, 0.5) is 5.82 Å². The third kappa shape index (κ3) is 3.94. The van der Waals surface area contributed by atoms with Gasteiger partial charge < -0.3 is 10.2 Å². The van der Waals surface area contributed by atoms with E-state index in [1.807, 2.05) is 18.2 Å². The number of halogens is 2. The van der Waals surface area contributed by atoms with Crippen molar-refractivity contribution in [1.29, 1.82) is 5.26 Å². The molecule has 1 aliphatic heterocycles. The Bertz CT molecular complexity index is 724. The first-order valence-corrected chi connectivity index (χ1v) is 8.20. The highest BCUT2D eigenvalue weighted by Crippen LogP contribution is 2.22. The number of benzene rings is 1. The Balaban J connectivity index is 1.56. The van der Waals surface area contributed by atoms with Crippen molar-refractivity contribution in [2.75, 3.05) is 18.0 Å². The highest BCUT2D eigenvalue weighted by Gasteiger charge is 2.23. The van der Waals surface area contributed by atoms with Gasteiger partial charge in [0, 0.05) is 41.9 Å². The van der Waals surface area contributed by atoms with E-state index in [2.05, 4.69) is 21.3 Å². The lowest BCUT2D eigenvalue weighted by atomic mass is 10.2. The van der Waals surface area contributed by atoms with Crippen LogP contribution in [0.5, 0.6) is 0 Å². The summed E-state index contributed by atoms with van der Waals surface area (Å²) in [5.74, 6) is 0.915. The molecule has 6 heteroatoms. The van der Waals surface area contributed by atoms with Crippen molar-refractivity contribution in [2.45, 2.75) is 19.0 Å². The van der Waals surface area contributed by atoms with E-state index in [9.17, 15) is 0 Å². The summed E-state index contributed by atoms with van der Waals surface area (Å²) in [6.45, 7) is 2.56.